The standard InChI is InChI=1S/2CH4.2ClH.HNO2.H3N.2Na/c;;;;2-1-3;;;/h2*1H4;2*1H;(H,2,3);1H3;;/q;;;;;;2*+1/p-2. The van der Waals surface area contributed by atoms with Crippen LogP contribution in [0.5, 0.6) is 0 Å². The SMILES string of the molecule is C.C.Cl.N.O=N[O-].[Cl-].[Na+].[Na+]. The predicted molar refractivity (Wildman–Crippen MR) is 34.9 cm³/mol. The van der Waals surface area contributed by atoms with E-state index in [1.165, 1.54) is 0 Å². The van der Waals surface area contributed by atoms with E-state index < -0.39 is 0 Å². The van der Waals surface area contributed by atoms with Crippen molar-refractivity contribution < 1.29 is 71.5 Å². The van der Waals surface area contributed by atoms with E-state index in [2.05, 4.69) is 0 Å². The molecule has 0 unspecified atom stereocenters. The molecule has 10 heavy (non-hydrogen) atoms. The van der Waals surface area contributed by atoms with Gasteiger partial charge in [-0.05, 0) is 0 Å². The third-order valence-corrected chi connectivity index (χ3v) is 0. The van der Waals surface area contributed by atoms with Crippen LogP contribution in [-0.4, -0.2) is 0 Å². The van der Waals surface area contributed by atoms with Crippen LogP contribution in [0.3, 0.4) is 0 Å². The minimum absolute atomic E-state index is 0. The molecule has 58 valence electrons. The van der Waals surface area contributed by atoms with Gasteiger partial charge in [0.25, 0.3) is 0 Å². The second-order valence-corrected chi connectivity index (χ2v) is 0.0745. The van der Waals surface area contributed by atoms with Crippen LogP contribution >= 0.6 is 12.4 Å². The van der Waals surface area contributed by atoms with Crippen LogP contribution in [0.4, 0.5) is 0 Å². The smallest absolute Gasteiger partial charge is 1.00 e. The Morgan fingerprint density at radius 2 is 1.10 bits per heavy atom. The molecule has 0 radical (unpaired) electrons. The number of rotatable bonds is 0. The van der Waals surface area contributed by atoms with Gasteiger partial charge in [0, 0.05) is 0 Å². The van der Waals surface area contributed by atoms with E-state index in [1.54, 1.807) is 0 Å². The monoisotopic (exact) mass is 212 g/mol. The molecule has 0 spiro atoms. The first-order valence-electron chi connectivity index (χ1n) is 0.365. The van der Waals surface area contributed by atoms with Crippen molar-refractivity contribution in [3.63, 3.8) is 0 Å². The molecule has 0 heterocycles. The van der Waals surface area contributed by atoms with Gasteiger partial charge < -0.3 is 28.7 Å². The summed E-state index contributed by atoms with van der Waals surface area (Å²) in [6, 6.07) is 0. The molecular formula is C2H12Cl2N2Na2O2. The second-order valence-electron chi connectivity index (χ2n) is 0.0745. The average molecular weight is 213 g/mol. The number of hydrogen-bond donors (Lipinski definition) is 1. The van der Waals surface area contributed by atoms with Crippen molar-refractivity contribution in [2.45, 2.75) is 14.9 Å². The van der Waals surface area contributed by atoms with E-state index in [-0.39, 0.29) is 105 Å². The van der Waals surface area contributed by atoms with E-state index >= 15 is 0 Å². The van der Waals surface area contributed by atoms with Crippen molar-refractivity contribution in [2.75, 3.05) is 0 Å². The molecule has 0 aliphatic rings. The summed E-state index contributed by atoms with van der Waals surface area (Å²) in [5.41, 5.74) is 0. The summed E-state index contributed by atoms with van der Waals surface area (Å²) in [5, 5.41) is 9.00. The van der Waals surface area contributed by atoms with Crippen LogP contribution in [0.15, 0.2) is 5.34 Å². The first kappa shape index (κ1) is 92.1. The minimum atomic E-state index is 0. The fraction of sp³-hybridized carbons (Fsp3) is 1.00. The van der Waals surface area contributed by atoms with Gasteiger partial charge in [-0.15, -0.1) is 17.7 Å². The van der Waals surface area contributed by atoms with Crippen LogP contribution in [-0.2, 0) is 0 Å². The zero-order valence-electron chi connectivity index (χ0n) is 4.76. The van der Waals surface area contributed by atoms with Gasteiger partial charge in [0.1, 0.15) is 0 Å². The van der Waals surface area contributed by atoms with Crippen molar-refractivity contribution in [1.82, 2.24) is 6.15 Å². The molecule has 0 aromatic carbocycles. The van der Waals surface area contributed by atoms with E-state index in [9.17, 15) is 0 Å². The molecule has 0 atom stereocenters. The first-order valence-corrected chi connectivity index (χ1v) is 0.365. The molecule has 0 aromatic rings. The summed E-state index contributed by atoms with van der Waals surface area (Å²) < 4.78 is 0. The molecule has 3 N–H and O–H groups in total. The molecule has 0 aliphatic carbocycles. The average Bonchev–Trinajstić information content (AvgIpc) is 0.918. The van der Waals surface area contributed by atoms with Gasteiger partial charge >= 0.3 is 59.1 Å². The van der Waals surface area contributed by atoms with E-state index in [0.29, 0.717) is 0 Å². The van der Waals surface area contributed by atoms with Gasteiger partial charge in [-0.3, -0.25) is 0 Å². The molecular weight excluding hydrogens is 201 g/mol. The summed E-state index contributed by atoms with van der Waals surface area (Å²) in [6.45, 7) is 0. The summed E-state index contributed by atoms with van der Waals surface area (Å²) in [6.07, 6.45) is 0. The minimum Gasteiger partial charge on any atom is -1.00 e. The Bertz CT molecular complexity index is 30.7. The Labute approximate surface area is 119 Å². The van der Waals surface area contributed by atoms with Gasteiger partial charge in [-0.25, -0.2) is 0 Å². The summed E-state index contributed by atoms with van der Waals surface area (Å²) in [5.74, 6) is 0. The number of halogens is 2. The topological polar surface area (TPSA) is 87.5 Å². The quantitative estimate of drug-likeness (QED) is 0.246. The van der Waals surface area contributed by atoms with E-state index in [4.69, 9.17) is 10.1 Å². The summed E-state index contributed by atoms with van der Waals surface area (Å²) in [7, 11) is 0. The number of hydrogen-bond acceptors (Lipinski definition) is 4. The molecule has 8 heteroatoms. The molecule has 0 saturated heterocycles. The third kappa shape index (κ3) is 211. The van der Waals surface area contributed by atoms with Crippen LogP contribution < -0.4 is 77.7 Å². The van der Waals surface area contributed by atoms with Gasteiger partial charge in [-0.2, -0.15) is 0 Å². The second kappa shape index (κ2) is 125. The zero-order chi connectivity index (χ0) is 2.71. The molecule has 0 rings (SSSR count). The van der Waals surface area contributed by atoms with Gasteiger partial charge in [0.15, 0.2) is 0 Å². The van der Waals surface area contributed by atoms with E-state index in [0.717, 1.165) is 5.34 Å². The van der Waals surface area contributed by atoms with Gasteiger partial charge in [0.05, 0.1) is 0 Å². The maximum atomic E-state index is 8.00. The Morgan fingerprint density at radius 1 is 1.10 bits per heavy atom. The summed E-state index contributed by atoms with van der Waals surface area (Å²) in [4.78, 5) is 8.00. The summed E-state index contributed by atoms with van der Waals surface area (Å²) >= 11 is 0. The maximum Gasteiger partial charge on any atom is 1.00 e. The Kier molecular flexibility index (Phi) is 1150. The normalized spacial score (nSPS) is 1.20. The van der Waals surface area contributed by atoms with Crippen molar-refractivity contribution in [2.24, 2.45) is 5.34 Å². The predicted octanol–water partition coefficient (Wildman–Crippen LogP) is -6.88. The number of nitrogens with zero attached hydrogens (tertiary/aromatic N) is 1. The van der Waals surface area contributed by atoms with Crippen molar-refractivity contribution in [1.29, 1.82) is 0 Å². The molecule has 0 bridgehead atoms. The Balaban J connectivity index is -0.000000000952. The maximum absolute atomic E-state index is 8.00. The van der Waals surface area contributed by atoms with Crippen LogP contribution in [0.2, 0.25) is 0 Å². The molecule has 0 saturated carbocycles. The van der Waals surface area contributed by atoms with E-state index in [1.807, 2.05) is 0 Å². The van der Waals surface area contributed by atoms with Crippen molar-refractivity contribution >= 4 is 12.4 Å². The first-order chi connectivity index (χ1) is 1.41. The van der Waals surface area contributed by atoms with Crippen molar-refractivity contribution in [3.8, 4) is 0 Å². The molecule has 0 amide bonds. The Morgan fingerprint density at radius 3 is 1.10 bits per heavy atom. The largest absolute Gasteiger partial charge is 1.00 e. The molecule has 0 aliphatic heterocycles. The van der Waals surface area contributed by atoms with Crippen LogP contribution in [0.1, 0.15) is 14.9 Å². The van der Waals surface area contributed by atoms with Crippen LogP contribution in [0.25, 0.3) is 0 Å². The van der Waals surface area contributed by atoms with Crippen molar-refractivity contribution in [3.05, 3.63) is 10.1 Å². The van der Waals surface area contributed by atoms with Crippen LogP contribution in [0, 0.1) is 10.1 Å². The Hall–Kier alpha value is 1.94. The fourth-order valence-electron chi connectivity index (χ4n) is 0. The molecule has 4 nitrogen and oxygen atoms in total. The van der Waals surface area contributed by atoms with Gasteiger partial charge in [-0.1, -0.05) is 14.9 Å². The molecule has 0 fully saturated rings. The van der Waals surface area contributed by atoms with Gasteiger partial charge in [0.2, 0.25) is 0 Å². The third-order valence-electron chi connectivity index (χ3n) is 0. The zero-order valence-corrected chi connectivity index (χ0v) is 10.3. The molecule has 0 aromatic heterocycles. The fourth-order valence-corrected chi connectivity index (χ4v) is 0.